The van der Waals surface area contributed by atoms with E-state index in [-0.39, 0.29) is 16.9 Å². The third-order valence-corrected chi connectivity index (χ3v) is 5.69. The van der Waals surface area contributed by atoms with E-state index in [2.05, 4.69) is 13.8 Å². The number of ether oxygens (including phenoxy) is 2. The number of nitrogens with one attached hydrogen (secondary N) is 1. The number of amides is 1. The molecule has 7 nitrogen and oxygen atoms in total. The van der Waals surface area contributed by atoms with Crippen molar-refractivity contribution in [2.24, 2.45) is 5.92 Å². The number of halogens is 3. The van der Waals surface area contributed by atoms with Crippen LogP contribution in [0.5, 0.6) is 11.5 Å². The number of rotatable bonds is 8. The van der Waals surface area contributed by atoms with Crippen molar-refractivity contribution >= 4 is 44.8 Å². The van der Waals surface area contributed by atoms with Crippen LogP contribution in [0.3, 0.4) is 0 Å². The lowest BCUT2D eigenvalue weighted by Gasteiger charge is -2.41. The highest BCUT2D eigenvalue weighted by Crippen LogP contribution is 2.34. The van der Waals surface area contributed by atoms with Crippen LogP contribution in [-0.2, 0) is 10.0 Å². The van der Waals surface area contributed by atoms with Gasteiger partial charge in [0.2, 0.25) is 10.0 Å². The van der Waals surface area contributed by atoms with Gasteiger partial charge < -0.3 is 14.4 Å². The summed E-state index contributed by atoms with van der Waals surface area (Å²) in [5.41, 5.74) is 0.411. The highest BCUT2D eigenvalue weighted by molar-refractivity contribution is 7.89. The summed E-state index contributed by atoms with van der Waals surface area (Å²) in [5, 5.41) is 0.513. The molecule has 1 amide bonds. The minimum atomic E-state index is -3.83. The van der Waals surface area contributed by atoms with Gasteiger partial charge in [0.25, 0.3) is 5.91 Å². The summed E-state index contributed by atoms with van der Waals surface area (Å²) in [7, 11) is -3.83. The standard InChI is InChI=1S/C21H23Cl2FN2O5S/c1-12(2)11-30-19-5-4-13(6-16(19)22)26-9-14(10-26)31-20-8-18(24)15(7-17(20)23)21(27)25-32(3,28)29/h4-8,12,14H,9-11H2,1-3H3,(H,25,27). The lowest BCUT2D eigenvalue weighted by Crippen LogP contribution is -2.54. The molecule has 1 aliphatic heterocycles. The lowest BCUT2D eigenvalue weighted by atomic mass is 10.1. The number of hydrogen-bond acceptors (Lipinski definition) is 6. The Morgan fingerprint density at radius 3 is 2.44 bits per heavy atom. The average Bonchev–Trinajstić information content (AvgIpc) is 2.64. The van der Waals surface area contributed by atoms with Gasteiger partial charge in [-0.1, -0.05) is 37.0 Å². The molecule has 11 heteroatoms. The molecular weight excluding hydrogens is 482 g/mol. The van der Waals surface area contributed by atoms with E-state index >= 15 is 0 Å². The lowest BCUT2D eigenvalue weighted by molar-refractivity contribution is 0.0977. The van der Waals surface area contributed by atoms with Crippen LogP contribution in [0.25, 0.3) is 0 Å². The number of sulfonamides is 1. The molecule has 0 saturated carbocycles. The monoisotopic (exact) mass is 504 g/mol. The molecule has 0 bridgehead atoms. The maximum absolute atomic E-state index is 14.3. The molecule has 0 spiro atoms. The Balaban J connectivity index is 1.61. The SMILES string of the molecule is CC(C)COc1ccc(N2CC(Oc3cc(F)c(C(=O)NS(C)(=O)=O)cc3Cl)C2)cc1Cl. The predicted molar refractivity (Wildman–Crippen MR) is 122 cm³/mol. The van der Waals surface area contributed by atoms with E-state index in [1.807, 2.05) is 23.1 Å². The Labute approximate surface area is 196 Å². The summed E-state index contributed by atoms with van der Waals surface area (Å²) in [6.07, 6.45) is 0.544. The van der Waals surface area contributed by atoms with Crippen molar-refractivity contribution < 1.29 is 27.1 Å². The van der Waals surface area contributed by atoms with E-state index in [1.165, 1.54) is 0 Å². The van der Waals surface area contributed by atoms with Crippen LogP contribution in [0.4, 0.5) is 10.1 Å². The quantitative estimate of drug-likeness (QED) is 0.581. The molecular formula is C21H23Cl2FN2O5S. The molecule has 1 saturated heterocycles. The van der Waals surface area contributed by atoms with Crippen molar-refractivity contribution in [1.82, 2.24) is 4.72 Å². The molecule has 0 unspecified atom stereocenters. The number of benzene rings is 2. The van der Waals surface area contributed by atoms with Gasteiger partial charge in [0.1, 0.15) is 23.4 Å². The Morgan fingerprint density at radius 2 is 1.84 bits per heavy atom. The van der Waals surface area contributed by atoms with Gasteiger partial charge in [-0.15, -0.1) is 0 Å². The molecule has 0 aliphatic carbocycles. The smallest absolute Gasteiger partial charge is 0.267 e. The van der Waals surface area contributed by atoms with Crippen molar-refractivity contribution in [3.05, 3.63) is 51.8 Å². The predicted octanol–water partition coefficient (Wildman–Crippen LogP) is 4.12. The van der Waals surface area contributed by atoms with E-state index in [4.69, 9.17) is 32.7 Å². The Kier molecular flexibility index (Phi) is 7.42. The summed E-state index contributed by atoms with van der Waals surface area (Å²) in [6, 6.07) is 7.55. The van der Waals surface area contributed by atoms with Crippen LogP contribution in [0.15, 0.2) is 30.3 Å². The number of carbonyl (C=O) groups excluding carboxylic acids is 1. The number of carbonyl (C=O) groups is 1. The first-order valence-electron chi connectivity index (χ1n) is 9.78. The second kappa shape index (κ2) is 9.72. The molecule has 1 aliphatic rings. The van der Waals surface area contributed by atoms with Crippen molar-refractivity contribution in [3.63, 3.8) is 0 Å². The molecule has 2 aromatic rings. The van der Waals surface area contributed by atoms with E-state index in [1.54, 1.807) is 4.72 Å². The van der Waals surface area contributed by atoms with Crippen molar-refractivity contribution in [1.29, 1.82) is 0 Å². The maximum atomic E-state index is 14.3. The second-order valence-corrected chi connectivity index (χ2v) is 10.5. The van der Waals surface area contributed by atoms with Crippen molar-refractivity contribution in [3.8, 4) is 11.5 Å². The van der Waals surface area contributed by atoms with Gasteiger partial charge in [0, 0.05) is 11.8 Å². The van der Waals surface area contributed by atoms with Gasteiger partial charge in [0.05, 0.1) is 41.6 Å². The van der Waals surface area contributed by atoms with Gasteiger partial charge in [-0.3, -0.25) is 4.79 Å². The average molecular weight is 505 g/mol. The van der Waals surface area contributed by atoms with E-state index < -0.39 is 27.3 Å². The molecule has 3 rings (SSSR count). The van der Waals surface area contributed by atoms with Crippen LogP contribution in [0, 0.1) is 11.7 Å². The first-order valence-corrected chi connectivity index (χ1v) is 12.4. The minimum Gasteiger partial charge on any atom is -0.492 e. The molecule has 0 aromatic heterocycles. The van der Waals surface area contributed by atoms with Gasteiger partial charge in [-0.25, -0.2) is 17.5 Å². The Hall–Kier alpha value is -2.23. The van der Waals surface area contributed by atoms with Crippen LogP contribution in [0.2, 0.25) is 10.0 Å². The number of nitrogens with zero attached hydrogens (tertiary/aromatic N) is 1. The van der Waals surface area contributed by atoms with Gasteiger partial charge in [-0.2, -0.15) is 0 Å². The fraction of sp³-hybridized carbons (Fsp3) is 0.381. The summed E-state index contributed by atoms with van der Waals surface area (Å²) in [4.78, 5) is 13.9. The third kappa shape index (κ3) is 6.17. The van der Waals surface area contributed by atoms with Gasteiger partial charge >= 0.3 is 0 Å². The third-order valence-electron chi connectivity index (χ3n) is 4.54. The summed E-state index contributed by atoms with van der Waals surface area (Å²) in [5.74, 6) is -0.963. The van der Waals surface area contributed by atoms with E-state index in [9.17, 15) is 17.6 Å². The summed E-state index contributed by atoms with van der Waals surface area (Å²) in [6.45, 7) is 5.73. The fourth-order valence-corrected chi connectivity index (χ4v) is 3.86. The topological polar surface area (TPSA) is 84.9 Å². The second-order valence-electron chi connectivity index (χ2n) is 7.93. The first kappa shape index (κ1) is 24.4. The van der Waals surface area contributed by atoms with Crippen LogP contribution >= 0.6 is 23.2 Å². The van der Waals surface area contributed by atoms with Crippen molar-refractivity contribution in [2.75, 3.05) is 30.9 Å². The summed E-state index contributed by atoms with van der Waals surface area (Å²) < 4.78 is 49.8. The fourth-order valence-electron chi connectivity index (χ4n) is 2.98. The molecule has 174 valence electrons. The zero-order valence-corrected chi connectivity index (χ0v) is 20.0. The molecule has 32 heavy (non-hydrogen) atoms. The molecule has 1 heterocycles. The van der Waals surface area contributed by atoms with Gasteiger partial charge in [0.15, 0.2) is 0 Å². The van der Waals surface area contributed by atoms with E-state index in [0.717, 1.165) is 24.1 Å². The van der Waals surface area contributed by atoms with Gasteiger partial charge in [-0.05, 0) is 30.2 Å². The van der Waals surface area contributed by atoms with Crippen LogP contribution in [0.1, 0.15) is 24.2 Å². The first-order chi connectivity index (χ1) is 14.9. The van der Waals surface area contributed by atoms with E-state index in [0.29, 0.717) is 36.4 Å². The zero-order valence-electron chi connectivity index (χ0n) is 17.7. The Bertz CT molecular complexity index is 1120. The summed E-state index contributed by atoms with van der Waals surface area (Å²) >= 11 is 12.4. The van der Waals surface area contributed by atoms with Crippen LogP contribution < -0.4 is 19.1 Å². The molecule has 1 N–H and O–H groups in total. The molecule has 2 aromatic carbocycles. The zero-order chi connectivity index (χ0) is 23.6. The molecule has 1 fully saturated rings. The largest absolute Gasteiger partial charge is 0.492 e. The molecule has 0 atom stereocenters. The number of hydrogen-bond donors (Lipinski definition) is 1. The normalized spacial score (nSPS) is 14.3. The minimum absolute atomic E-state index is 0.00167. The maximum Gasteiger partial charge on any atom is 0.267 e. The van der Waals surface area contributed by atoms with Crippen molar-refractivity contribution in [2.45, 2.75) is 20.0 Å². The van der Waals surface area contributed by atoms with Crippen LogP contribution in [-0.4, -0.2) is 46.4 Å². The number of anilines is 1. The highest BCUT2D eigenvalue weighted by atomic mass is 35.5. The Morgan fingerprint density at radius 1 is 1.19 bits per heavy atom. The highest BCUT2D eigenvalue weighted by Gasteiger charge is 2.30. The molecule has 0 radical (unpaired) electrons.